The first-order valence-electron chi connectivity index (χ1n) is 7.18. The van der Waals surface area contributed by atoms with Crippen molar-refractivity contribution in [3.63, 3.8) is 0 Å². The number of anilines is 1. The molecule has 1 N–H and O–H groups in total. The number of carbonyl (C=O) groups excluding carboxylic acids is 1. The van der Waals surface area contributed by atoms with Crippen LogP contribution in [-0.2, 0) is 13.5 Å². The Labute approximate surface area is 150 Å². The van der Waals surface area contributed by atoms with E-state index in [0.29, 0.717) is 16.4 Å². The van der Waals surface area contributed by atoms with E-state index in [2.05, 4.69) is 15.4 Å². The molecule has 0 fully saturated rings. The second kappa shape index (κ2) is 7.12. The average Bonchev–Trinajstić information content (AvgIpc) is 2.89. The zero-order chi connectivity index (χ0) is 18.0. The van der Waals surface area contributed by atoms with E-state index in [0.717, 1.165) is 10.2 Å². The fourth-order valence-corrected chi connectivity index (χ4v) is 3.31. The average molecular weight is 379 g/mol. The smallest absolute Gasteiger partial charge is 0.277 e. The van der Waals surface area contributed by atoms with Gasteiger partial charge in [0.25, 0.3) is 11.5 Å². The minimum Gasteiger partial charge on any atom is -0.296 e. The molecule has 0 aliphatic heterocycles. The summed E-state index contributed by atoms with van der Waals surface area (Å²) >= 11 is 7.30. The number of thiazole rings is 1. The molecule has 128 valence electrons. The summed E-state index contributed by atoms with van der Waals surface area (Å²) in [6.45, 7) is 0. The molecule has 1 aromatic carbocycles. The van der Waals surface area contributed by atoms with Crippen LogP contribution in [0.2, 0.25) is 5.15 Å². The third-order valence-corrected chi connectivity index (χ3v) is 4.71. The summed E-state index contributed by atoms with van der Waals surface area (Å²) in [6.07, 6.45) is 0.405. The van der Waals surface area contributed by atoms with Gasteiger partial charge in [-0.15, -0.1) is 0 Å². The van der Waals surface area contributed by atoms with E-state index in [9.17, 15) is 14.0 Å². The van der Waals surface area contributed by atoms with Crippen LogP contribution in [0.25, 0.3) is 0 Å². The predicted octanol–water partition coefficient (Wildman–Crippen LogP) is 2.87. The molecule has 3 aromatic rings. The molecular weight excluding hydrogens is 367 g/mol. The lowest BCUT2D eigenvalue weighted by Gasteiger charge is -2.02. The number of hydrogen-bond donors (Lipinski definition) is 1. The number of rotatable bonds is 4. The molecular formula is C16H12ClFN4O2S. The molecule has 0 bridgehead atoms. The Hall–Kier alpha value is -2.58. The van der Waals surface area contributed by atoms with Gasteiger partial charge in [0.15, 0.2) is 5.13 Å². The highest BCUT2D eigenvalue weighted by Gasteiger charge is 2.15. The molecule has 0 radical (unpaired) electrons. The van der Waals surface area contributed by atoms with Crippen molar-refractivity contribution in [3.8, 4) is 0 Å². The maximum atomic E-state index is 13.3. The quantitative estimate of drug-likeness (QED) is 0.757. The monoisotopic (exact) mass is 378 g/mol. The molecule has 0 aliphatic carbocycles. The normalized spacial score (nSPS) is 10.7. The van der Waals surface area contributed by atoms with Gasteiger partial charge in [0.05, 0.1) is 0 Å². The highest BCUT2D eigenvalue weighted by atomic mass is 35.5. The van der Waals surface area contributed by atoms with Gasteiger partial charge in [-0.25, -0.2) is 14.1 Å². The summed E-state index contributed by atoms with van der Waals surface area (Å²) in [6, 6.07) is 8.78. The van der Waals surface area contributed by atoms with E-state index in [1.807, 2.05) is 0 Å². The third-order valence-electron chi connectivity index (χ3n) is 3.32. The van der Waals surface area contributed by atoms with Crippen molar-refractivity contribution < 1.29 is 9.18 Å². The molecule has 3 rings (SSSR count). The molecule has 0 atom stereocenters. The summed E-state index contributed by atoms with van der Waals surface area (Å²) < 4.78 is 14.3. The molecule has 0 saturated carbocycles. The lowest BCUT2D eigenvalue weighted by molar-refractivity contribution is 0.102. The van der Waals surface area contributed by atoms with Crippen LogP contribution in [0.3, 0.4) is 0 Å². The van der Waals surface area contributed by atoms with Crippen molar-refractivity contribution in [1.29, 1.82) is 0 Å². The Balaban J connectivity index is 1.76. The number of aromatic nitrogens is 3. The number of carbonyl (C=O) groups is 1. The van der Waals surface area contributed by atoms with Crippen molar-refractivity contribution >= 4 is 34.0 Å². The Morgan fingerprint density at radius 2 is 2.16 bits per heavy atom. The molecule has 0 saturated heterocycles. The Kier molecular flexibility index (Phi) is 4.91. The second-order valence-electron chi connectivity index (χ2n) is 5.17. The van der Waals surface area contributed by atoms with E-state index in [1.54, 1.807) is 12.1 Å². The van der Waals surface area contributed by atoms with Crippen molar-refractivity contribution in [2.45, 2.75) is 6.42 Å². The number of hydrogen-bond acceptors (Lipinski definition) is 5. The Bertz CT molecular complexity index is 1000. The zero-order valence-electron chi connectivity index (χ0n) is 13.0. The standard InChI is InChI=1S/C16H12ClFN4O2S/c1-22-13(23)6-5-11(21-22)15(24)20-16-19-14(17)12(25-16)8-9-3-2-4-10(18)7-9/h2-7H,8H2,1H3,(H,19,20,24). The largest absolute Gasteiger partial charge is 0.296 e. The van der Waals surface area contributed by atoms with Gasteiger partial charge in [0.2, 0.25) is 0 Å². The molecule has 0 aliphatic rings. The Morgan fingerprint density at radius 1 is 1.36 bits per heavy atom. The first-order valence-corrected chi connectivity index (χ1v) is 8.37. The highest BCUT2D eigenvalue weighted by Crippen LogP contribution is 2.29. The number of amides is 1. The lowest BCUT2D eigenvalue weighted by atomic mass is 10.1. The number of nitrogens with one attached hydrogen (secondary N) is 1. The van der Waals surface area contributed by atoms with E-state index < -0.39 is 5.91 Å². The second-order valence-corrected chi connectivity index (χ2v) is 6.62. The number of aryl methyl sites for hydroxylation is 1. The predicted molar refractivity (Wildman–Crippen MR) is 93.8 cm³/mol. The van der Waals surface area contributed by atoms with E-state index in [-0.39, 0.29) is 22.2 Å². The number of benzene rings is 1. The summed E-state index contributed by atoms with van der Waals surface area (Å²) in [7, 11) is 1.45. The van der Waals surface area contributed by atoms with Gasteiger partial charge in [0.1, 0.15) is 16.7 Å². The van der Waals surface area contributed by atoms with E-state index in [1.165, 1.54) is 42.6 Å². The van der Waals surface area contributed by atoms with E-state index >= 15 is 0 Å². The molecule has 6 nitrogen and oxygen atoms in total. The van der Waals surface area contributed by atoms with Gasteiger partial charge < -0.3 is 0 Å². The first-order chi connectivity index (χ1) is 11.9. The molecule has 2 heterocycles. The zero-order valence-corrected chi connectivity index (χ0v) is 14.6. The van der Waals surface area contributed by atoms with Crippen molar-refractivity contribution in [3.05, 3.63) is 73.9 Å². The molecule has 1 amide bonds. The van der Waals surface area contributed by atoms with Gasteiger partial charge in [0, 0.05) is 24.4 Å². The topological polar surface area (TPSA) is 76.9 Å². The van der Waals surface area contributed by atoms with Crippen LogP contribution >= 0.6 is 22.9 Å². The molecule has 0 spiro atoms. The highest BCUT2D eigenvalue weighted by molar-refractivity contribution is 7.16. The van der Waals surface area contributed by atoms with Gasteiger partial charge >= 0.3 is 0 Å². The minimum atomic E-state index is -0.502. The summed E-state index contributed by atoms with van der Waals surface area (Å²) in [5.41, 5.74) is 0.523. The van der Waals surface area contributed by atoms with Gasteiger partial charge in [-0.1, -0.05) is 35.1 Å². The van der Waals surface area contributed by atoms with Crippen LogP contribution in [0.5, 0.6) is 0 Å². The SMILES string of the molecule is Cn1nc(C(=O)Nc2nc(Cl)c(Cc3cccc(F)c3)s2)ccc1=O. The van der Waals surface area contributed by atoms with Crippen LogP contribution in [0.1, 0.15) is 20.9 Å². The van der Waals surface area contributed by atoms with Gasteiger partial charge in [-0.2, -0.15) is 5.10 Å². The molecule has 0 unspecified atom stereocenters. The van der Waals surface area contributed by atoms with Crippen LogP contribution in [0, 0.1) is 5.82 Å². The fourth-order valence-electron chi connectivity index (χ4n) is 2.11. The van der Waals surface area contributed by atoms with Crippen LogP contribution in [0.15, 0.2) is 41.2 Å². The number of halogens is 2. The molecule has 9 heteroatoms. The van der Waals surface area contributed by atoms with Gasteiger partial charge in [-0.3, -0.25) is 14.9 Å². The summed E-state index contributed by atoms with van der Waals surface area (Å²) in [4.78, 5) is 28.3. The van der Waals surface area contributed by atoms with Crippen LogP contribution in [-0.4, -0.2) is 20.7 Å². The molecule has 2 aromatic heterocycles. The summed E-state index contributed by atoms with van der Waals surface area (Å²) in [5, 5.41) is 7.02. The van der Waals surface area contributed by atoms with Crippen LogP contribution < -0.4 is 10.9 Å². The van der Waals surface area contributed by atoms with Crippen molar-refractivity contribution in [1.82, 2.24) is 14.8 Å². The van der Waals surface area contributed by atoms with Crippen LogP contribution in [0.4, 0.5) is 9.52 Å². The maximum Gasteiger partial charge on any atom is 0.277 e. The van der Waals surface area contributed by atoms with Crippen molar-refractivity contribution in [2.24, 2.45) is 7.05 Å². The molecule has 25 heavy (non-hydrogen) atoms. The lowest BCUT2D eigenvalue weighted by Crippen LogP contribution is -2.23. The van der Waals surface area contributed by atoms with Crippen molar-refractivity contribution in [2.75, 3.05) is 5.32 Å². The van der Waals surface area contributed by atoms with Gasteiger partial charge in [-0.05, 0) is 23.8 Å². The van der Waals surface area contributed by atoms with E-state index in [4.69, 9.17) is 11.6 Å². The fraction of sp³-hybridized carbons (Fsp3) is 0.125. The third kappa shape index (κ3) is 4.09. The summed E-state index contributed by atoms with van der Waals surface area (Å²) in [5.74, 6) is -0.828. The Morgan fingerprint density at radius 3 is 2.88 bits per heavy atom. The minimum absolute atomic E-state index is 0.0834. The number of nitrogens with zero attached hydrogens (tertiary/aromatic N) is 3. The first kappa shape index (κ1) is 17.2. The maximum absolute atomic E-state index is 13.3.